The van der Waals surface area contributed by atoms with Gasteiger partial charge in [-0.15, -0.1) is 0 Å². The zero-order valence-electron chi connectivity index (χ0n) is 11.0. The van der Waals surface area contributed by atoms with E-state index in [1.165, 1.54) is 64.6 Å². The van der Waals surface area contributed by atoms with Gasteiger partial charge in [0.2, 0.25) is 0 Å². The standard InChI is InChI=1S/C14H27N3/c15-13(16)5-1-4-10-17-11-8-14(9-12-17)6-2-3-7-14/h1-12H2,(H3,15,16). The third-order valence-corrected chi connectivity index (χ3v) is 4.75. The van der Waals surface area contributed by atoms with E-state index in [1.54, 1.807) is 0 Å². The van der Waals surface area contributed by atoms with E-state index >= 15 is 0 Å². The highest BCUT2D eigenvalue weighted by Crippen LogP contribution is 2.46. The molecule has 1 spiro atoms. The van der Waals surface area contributed by atoms with Crippen molar-refractivity contribution >= 4 is 5.84 Å². The number of nitrogens with two attached hydrogens (primary N) is 1. The van der Waals surface area contributed by atoms with Crippen LogP contribution in [0.25, 0.3) is 0 Å². The Hall–Kier alpha value is -0.570. The summed E-state index contributed by atoms with van der Waals surface area (Å²) < 4.78 is 0. The van der Waals surface area contributed by atoms with Gasteiger partial charge >= 0.3 is 0 Å². The molecule has 0 amide bonds. The maximum Gasteiger partial charge on any atom is 0.0905 e. The first-order valence-corrected chi connectivity index (χ1v) is 7.26. The lowest BCUT2D eigenvalue weighted by molar-refractivity contribution is 0.107. The molecule has 3 heteroatoms. The molecule has 1 saturated carbocycles. The average molecular weight is 237 g/mol. The van der Waals surface area contributed by atoms with Gasteiger partial charge < -0.3 is 10.6 Å². The normalized spacial score (nSPS) is 24.2. The van der Waals surface area contributed by atoms with Gasteiger partial charge in [0.05, 0.1) is 5.84 Å². The van der Waals surface area contributed by atoms with Crippen molar-refractivity contribution in [3.8, 4) is 0 Å². The summed E-state index contributed by atoms with van der Waals surface area (Å²) in [7, 11) is 0. The van der Waals surface area contributed by atoms with Crippen LogP contribution in [-0.4, -0.2) is 30.4 Å². The molecule has 1 aliphatic heterocycles. The van der Waals surface area contributed by atoms with E-state index in [-0.39, 0.29) is 0 Å². The van der Waals surface area contributed by atoms with Gasteiger partial charge in [0.25, 0.3) is 0 Å². The summed E-state index contributed by atoms with van der Waals surface area (Å²) in [4.78, 5) is 2.61. The van der Waals surface area contributed by atoms with Crippen LogP contribution in [0.1, 0.15) is 57.8 Å². The van der Waals surface area contributed by atoms with Gasteiger partial charge in [-0.2, -0.15) is 0 Å². The van der Waals surface area contributed by atoms with Crippen LogP contribution in [0.5, 0.6) is 0 Å². The summed E-state index contributed by atoms with van der Waals surface area (Å²) in [6.07, 6.45) is 11.8. The summed E-state index contributed by atoms with van der Waals surface area (Å²) >= 11 is 0. The van der Waals surface area contributed by atoms with Crippen LogP contribution in [0.2, 0.25) is 0 Å². The Labute approximate surface area is 105 Å². The Morgan fingerprint density at radius 2 is 1.71 bits per heavy atom. The lowest BCUT2D eigenvalue weighted by atomic mass is 9.77. The number of amidine groups is 1. The predicted molar refractivity (Wildman–Crippen MR) is 72.3 cm³/mol. The van der Waals surface area contributed by atoms with Gasteiger partial charge in [-0.25, -0.2) is 0 Å². The second kappa shape index (κ2) is 5.85. The smallest absolute Gasteiger partial charge is 0.0905 e. The minimum Gasteiger partial charge on any atom is -0.388 e. The van der Waals surface area contributed by atoms with Crippen molar-refractivity contribution in [3.05, 3.63) is 0 Å². The van der Waals surface area contributed by atoms with Gasteiger partial charge in [-0.05, 0) is 63.6 Å². The van der Waals surface area contributed by atoms with E-state index < -0.39 is 0 Å². The third-order valence-electron chi connectivity index (χ3n) is 4.75. The molecule has 3 nitrogen and oxygen atoms in total. The summed E-state index contributed by atoms with van der Waals surface area (Å²) in [5, 5.41) is 7.19. The van der Waals surface area contributed by atoms with Crippen LogP contribution in [0.4, 0.5) is 0 Å². The highest BCUT2D eigenvalue weighted by atomic mass is 15.1. The van der Waals surface area contributed by atoms with Crippen LogP contribution in [0.3, 0.4) is 0 Å². The lowest BCUT2D eigenvalue weighted by Gasteiger charge is -2.39. The van der Waals surface area contributed by atoms with Gasteiger partial charge in [-0.3, -0.25) is 5.41 Å². The molecule has 2 fully saturated rings. The molecule has 3 N–H and O–H groups in total. The van der Waals surface area contributed by atoms with Crippen LogP contribution < -0.4 is 5.73 Å². The number of piperidine rings is 1. The minimum absolute atomic E-state index is 0.341. The first-order valence-electron chi connectivity index (χ1n) is 7.26. The Morgan fingerprint density at radius 1 is 1.06 bits per heavy atom. The maximum absolute atomic E-state index is 7.19. The summed E-state index contributed by atoms with van der Waals surface area (Å²) in [6, 6.07) is 0. The van der Waals surface area contributed by atoms with Crippen molar-refractivity contribution in [2.24, 2.45) is 11.1 Å². The average Bonchev–Trinajstić information content (AvgIpc) is 2.75. The number of unbranched alkanes of at least 4 members (excludes halogenated alkanes) is 1. The fourth-order valence-corrected chi connectivity index (χ4v) is 3.53. The summed E-state index contributed by atoms with van der Waals surface area (Å²) in [6.45, 7) is 3.82. The minimum atomic E-state index is 0.341. The molecule has 0 aromatic carbocycles. The molecule has 17 heavy (non-hydrogen) atoms. The molecule has 1 aliphatic carbocycles. The van der Waals surface area contributed by atoms with Crippen molar-refractivity contribution in [1.29, 1.82) is 5.41 Å². The number of rotatable bonds is 5. The van der Waals surface area contributed by atoms with Crippen LogP contribution in [0.15, 0.2) is 0 Å². The van der Waals surface area contributed by atoms with Crippen LogP contribution >= 0.6 is 0 Å². The molecule has 0 aromatic heterocycles. The number of nitrogens with zero attached hydrogens (tertiary/aromatic N) is 1. The quantitative estimate of drug-likeness (QED) is 0.439. The monoisotopic (exact) mass is 237 g/mol. The molecule has 98 valence electrons. The van der Waals surface area contributed by atoms with E-state index in [1.807, 2.05) is 0 Å². The highest BCUT2D eigenvalue weighted by Gasteiger charge is 2.36. The molecule has 2 rings (SSSR count). The number of likely N-dealkylation sites (tertiary alicyclic amines) is 1. The second-order valence-electron chi connectivity index (χ2n) is 6.03. The van der Waals surface area contributed by atoms with Gasteiger partial charge in [0.1, 0.15) is 0 Å². The zero-order valence-corrected chi connectivity index (χ0v) is 11.0. The molecule has 0 aromatic rings. The fraction of sp³-hybridized carbons (Fsp3) is 0.929. The van der Waals surface area contributed by atoms with Crippen molar-refractivity contribution in [2.75, 3.05) is 19.6 Å². The Bertz CT molecular complexity index is 246. The van der Waals surface area contributed by atoms with E-state index in [0.29, 0.717) is 5.84 Å². The maximum atomic E-state index is 7.19. The highest BCUT2D eigenvalue weighted by molar-refractivity contribution is 5.76. The zero-order chi connectivity index (χ0) is 12.1. The number of hydrogen-bond donors (Lipinski definition) is 2. The predicted octanol–water partition coefficient (Wildman–Crippen LogP) is 2.75. The molecule has 0 atom stereocenters. The summed E-state index contributed by atoms with van der Waals surface area (Å²) in [5.74, 6) is 0.341. The fourth-order valence-electron chi connectivity index (χ4n) is 3.53. The molecule has 0 unspecified atom stereocenters. The van der Waals surface area contributed by atoms with Crippen LogP contribution in [-0.2, 0) is 0 Å². The first kappa shape index (κ1) is 12.9. The number of nitrogens with one attached hydrogen (secondary N) is 1. The Balaban J connectivity index is 1.60. The third kappa shape index (κ3) is 3.70. The van der Waals surface area contributed by atoms with Crippen molar-refractivity contribution < 1.29 is 0 Å². The molecule has 1 saturated heterocycles. The molecule has 0 radical (unpaired) electrons. The molecular weight excluding hydrogens is 210 g/mol. The van der Waals surface area contributed by atoms with Crippen LogP contribution in [0, 0.1) is 10.8 Å². The van der Waals surface area contributed by atoms with Crippen molar-refractivity contribution in [2.45, 2.75) is 57.8 Å². The van der Waals surface area contributed by atoms with E-state index in [9.17, 15) is 0 Å². The van der Waals surface area contributed by atoms with Gasteiger partial charge in [-0.1, -0.05) is 12.8 Å². The topological polar surface area (TPSA) is 53.1 Å². The van der Waals surface area contributed by atoms with E-state index in [0.717, 1.165) is 18.3 Å². The second-order valence-corrected chi connectivity index (χ2v) is 6.03. The molecule has 1 heterocycles. The lowest BCUT2D eigenvalue weighted by Crippen LogP contribution is -2.39. The van der Waals surface area contributed by atoms with E-state index in [2.05, 4.69) is 4.90 Å². The Kier molecular flexibility index (Phi) is 4.43. The molecule has 0 bridgehead atoms. The molecular formula is C14H27N3. The molecule has 2 aliphatic rings. The number of hydrogen-bond acceptors (Lipinski definition) is 2. The largest absolute Gasteiger partial charge is 0.388 e. The first-order chi connectivity index (χ1) is 8.20. The SMILES string of the molecule is N=C(N)CCCCN1CCC2(CCCC2)CC1. The van der Waals surface area contributed by atoms with Crippen molar-refractivity contribution in [3.63, 3.8) is 0 Å². The van der Waals surface area contributed by atoms with Gasteiger partial charge in [0, 0.05) is 6.42 Å². The Morgan fingerprint density at radius 3 is 2.29 bits per heavy atom. The summed E-state index contributed by atoms with van der Waals surface area (Å²) in [5.41, 5.74) is 6.11. The van der Waals surface area contributed by atoms with Gasteiger partial charge in [0.15, 0.2) is 0 Å². The van der Waals surface area contributed by atoms with Crippen molar-refractivity contribution in [1.82, 2.24) is 4.90 Å². The van der Waals surface area contributed by atoms with E-state index in [4.69, 9.17) is 11.1 Å².